The molecule has 4 nitrogen and oxygen atoms in total. The third-order valence-corrected chi connectivity index (χ3v) is 4.17. The second-order valence-corrected chi connectivity index (χ2v) is 5.66. The molecule has 0 saturated carbocycles. The summed E-state index contributed by atoms with van der Waals surface area (Å²) in [5, 5.41) is 0. The number of methoxy groups -OCH3 is 2. The van der Waals surface area contributed by atoms with Crippen LogP contribution >= 0.6 is 0 Å². The summed E-state index contributed by atoms with van der Waals surface area (Å²) < 4.78 is 24.7. The Balaban J connectivity index is 2.03. The highest BCUT2D eigenvalue weighted by molar-refractivity contribution is 6.10. The number of fused-ring (bicyclic) bond motifs is 1. The molecular weight excluding hydrogens is 309 g/mol. The van der Waals surface area contributed by atoms with E-state index in [2.05, 4.69) is 6.58 Å². The van der Waals surface area contributed by atoms with Crippen LogP contribution in [0.2, 0.25) is 0 Å². The molecule has 1 aliphatic heterocycles. The van der Waals surface area contributed by atoms with Crippen LogP contribution in [0.4, 0.5) is 4.39 Å². The number of nitrogens with zero attached hydrogens (tertiary/aromatic N) is 1. The fourth-order valence-corrected chi connectivity index (χ4v) is 2.96. The fourth-order valence-electron chi connectivity index (χ4n) is 2.96. The van der Waals surface area contributed by atoms with Gasteiger partial charge in [0.2, 0.25) is 0 Å². The number of rotatable bonds is 4. The van der Waals surface area contributed by atoms with Crippen molar-refractivity contribution in [2.45, 2.75) is 13.5 Å². The molecule has 1 amide bonds. The summed E-state index contributed by atoms with van der Waals surface area (Å²) >= 11 is 0. The highest BCUT2D eigenvalue weighted by atomic mass is 19.1. The monoisotopic (exact) mass is 327 g/mol. The molecule has 0 saturated heterocycles. The Labute approximate surface area is 140 Å². The van der Waals surface area contributed by atoms with E-state index in [-0.39, 0.29) is 18.3 Å². The van der Waals surface area contributed by atoms with Gasteiger partial charge in [-0.15, -0.1) is 0 Å². The van der Waals surface area contributed by atoms with Crippen molar-refractivity contribution >= 4 is 11.6 Å². The van der Waals surface area contributed by atoms with Crippen LogP contribution in [-0.2, 0) is 6.54 Å². The maximum Gasteiger partial charge on any atom is 0.259 e. The first-order chi connectivity index (χ1) is 11.5. The number of carbonyl (C=O) groups excluding carboxylic acids is 1. The van der Waals surface area contributed by atoms with E-state index in [1.807, 2.05) is 6.92 Å². The lowest BCUT2D eigenvalue weighted by Gasteiger charge is -2.19. The van der Waals surface area contributed by atoms with Crippen molar-refractivity contribution in [3.05, 3.63) is 65.0 Å². The number of benzene rings is 2. The summed E-state index contributed by atoms with van der Waals surface area (Å²) in [5.74, 6) is 0.410. The molecule has 0 fully saturated rings. The van der Waals surface area contributed by atoms with E-state index in [1.165, 1.54) is 25.2 Å². The van der Waals surface area contributed by atoms with Gasteiger partial charge in [-0.25, -0.2) is 4.39 Å². The Morgan fingerprint density at radius 3 is 2.58 bits per heavy atom. The summed E-state index contributed by atoms with van der Waals surface area (Å²) in [6, 6.07) is 8.19. The van der Waals surface area contributed by atoms with Crippen LogP contribution in [0.5, 0.6) is 11.5 Å². The van der Waals surface area contributed by atoms with Gasteiger partial charge in [0.15, 0.2) is 11.5 Å². The predicted molar refractivity (Wildman–Crippen MR) is 89.6 cm³/mol. The topological polar surface area (TPSA) is 38.8 Å². The summed E-state index contributed by atoms with van der Waals surface area (Å²) in [5.41, 5.74) is 2.93. The minimum atomic E-state index is -0.346. The van der Waals surface area contributed by atoms with Crippen molar-refractivity contribution < 1.29 is 18.7 Å². The number of carbonyl (C=O) groups is 1. The van der Waals surface area contributed by atoms with Crippen molar-refractivity contribution in [2.75, 3.05) is 14.2 Å². The second kappa shape index (κ2) is 6.00. The van der Waals surface area contributed by atoms with Gasteiger partial charge < -0.3 is 14.4 Å². The van der Waals surface area contributed by atoms with Gasteiger partial charge in [-0.2, -0.15) is 0 Å². The van der Waals surface area contributed by atoms with Crippen molar-refractivity contribution in [2.24, 2.45) is 0 Å². The molecule has 1 heterocycles. The molecule has 2 aromatic rings. The zero-order valence-corrected chi connectivity index (χ0v) is 13.9. The van der Waals surface area contributed by atoms with E-state index < -0.39 is 0 Å². The zero-order chi connectivity index (χ0) is 17.4. The molecule has 0 aliphatic carbocycles. The lowest BCUT2D eigenvalue weighted by Crippen LogP contribution is -2.22. The van der Waals surface area contributed by atoms with Crippen LogP contribution < -0.4 is 9.47 Å². The third kappa shape index (κ3) is 2.42. The first-order valence-electron chi connectivity index (χ1n) is 7.49. The van der Waals surface area contributed by atoms with Gasteiger partial charge >= 0.3 is 0 Å². The summed E-state index contributed by atoms with van der Waals surface area (Å²) in [6.45, 7) is 6.00. The van der Waals surface area contributed by atoms with Crippen LogP contribution in [0.1, 0.15) is 27.0 Å². The fraction of sp³-hybridized carbons (Fsp3) is 0.211. The average molecular weight is 327 g/mol. The molecule has 124 valence electrons. The van der Waals surface area contributed by atoms with Gasteiger partial charge in [0.1, 0.15) is 5.82 Å². The average Bonchev–Trinajstić information content (AvgIpc) is 2.82. The Kier molecular flexibility index (Phi) is 4.01. The van der Waals surface area contributed by atoms with Gasteiger partial charge in [-0.1, -0.05) is 24.3 Å². The molecule has 0 atom stereocenters. The van der Waals surface area contributed by atoms with Crippen LogP contribution in [0, 0.1) is 12.7 Å². The van der Waals surface area contributed by atoms with Gasteiger partial charge in [0.25, 0.3) is 5.91 Å². The molecular formula is C19H18FNO3. The molecule has 2 aromatic carbocycles. The third-order valence-electron chi connectivity index (χ3n) is 4.17. The maximum atomic E-state index is 14.1. The lowest BCUT2D eigenvalue weighted by molar-refractivity contribution is 0.0842. The Hall–Kier alpha value is -2.82. The molecule has 0 unspecified atom stereocenters. The number of amides is 1. The highest BCUT2D eigenvalue weighted by Crippen LogP contribution is 2.43. The van der Waals surface area contributed by atoms with Crippen molar-refractivity contribution in [1.29, 1.82) is 0 Å². The summed E-state index contributed by atoms with van der Waals surface area (Å²) in [4.78, 5) is 14.2. The normalized spacial score (nSPS) is 13.2. The standard InChI is InChI=1S/C19H18FNO3/c1-11-5-7-15(20)13(9-11)10-21-12(2)17-14(19(21)22)6-8-16(23-3)18(17)24-4/h5-9H,2,10H2,1,3-4H3. The molecule has 3 rings (SSSR count). The van der Waals surface area contributed by atoms with Gasteiger partial charge in [0.05, 0.1) is 31.9 Å². The molecule has 0 N–H and O–H groups in total. The number of halogens is 1. The quantitative estimate of drug-likeness (QED) is 0.858. The second-order valence-electron chi connectivity index (χ2n) is 5.66. The summed E-state index contributed by atoms with van der Waals surface area (Å²) in [7, 11) is 3.04. The van der Waals surface area contributed by atoms with E-state index in [0.717, 1.165) is 5.56 Å². The SMILES string of the molecule is C=C1c2c(ccc(OC)c2OC)C(=O)N1Cc1cc(C)ccc1F. The van der Waals surface area contributed by atoms with E-state index in [4.69, 9.17) is 9.47 Å². The van der Waals surface area contributed by atoms with Crippen LogP contribution in [0.15, 0.2) is 36.9 Å². The van der Waals surface area contributed by atoms with Crippen LogP contribution in [0.25, 0.3) is 5.70 Å². The molecule has 24 heavy (non-hydrogen) atoms. The van der Waals surface area contributed by atoms with E-state index >= 15 is 0 Å². The Morgan fingerprint density at radius 1 is 1.17 bits per heavy atom. The number of hydrogen-bond donors (Lipinski definition) is 0. The maximum absolute atomic E-state index is 14.1. The molecule has 0 bridgehead atoms. The highest BCUT2D eigenvalue weighted by Gasteiger charge is 2.35. The van der Waals surface area contributed by atoms with Crippen molar-refractivity contribution in [3.63, 3.8) is 0 Å². The molecule has 5 heteroatoms. The van der Waals surface area contributed by atoms with Gasteiger partial charge in [-0.3, -0.25) is 4.79 Å². The minimum Gasteiger partial charge on any atom is -0.493 e. The lowest BCUT2D eigenvalue weighted by atomic mass is 10.1. The molecule has 0 spiro atoms. The van der Waals surface area contributed by atoms with Gasteiger partial charge in [0, 0.05) is 11.3 Å². The number of hydrogen-bond acceptors (Lipinski definition) is 3. The number of aryl methyl sites for hydroxylation is 1. The molecule has 0 aromatic heterocycles. The van der Waals surface area contributed by atoms with Crippen LogP contribution in [0.3, 0.4) is 0 Å². The largest absolute Gasteiger partial charge is 0.493 e. The van der Waals surface area contributed by atoms with E-state index in [0.29, 0.717) is 33.9 Å². The predicted octanol–water partition coefficient (Wildman–Crippen LogP) is 3.78. The number of ether oxygens (including phenoxy) is 2. The Morgan fingerprint density at radius 2 is 1.92 bits per heavy atom. The van der Waals surface area contributed by atoms with E-state index in [9.17, 15) is 9.18 Å². The van der Waals surface area contributed by atoms with Crippen molar-refractivity contribution in [1.82, 2.24) is 4.90 Å². The summed E-state index contributed by atoms with van der Waals surface area (Å²) in [6.07, 6.45) is 0. The minimum absolute atomic E-state index is 0.116. The molecule has 0 radical (unpaired) electrons. The first-order valence-corrected chi connectivity index (χ1v) is 7.49. The zero-order valence-electron chi connectivity index (χ0n) is 13.9. The molecule has 1 aliphatic rings. The van der Waals surface area contributed by atoms with Crippen molar-refractivity contribution in [3.8, 4) is 11.5 Å². The Bertz CT molecular complexity index is 845. The van der Waals surface area contributed by atoms with Gasteiger partial charge in [-0.05, 0) is 25.1 Å². The van der Waals surface area contributed by atoms with E-state index in [1.54, 1.807) is 24.3 Å². The van der Waals surface area contributed by atoms with Crippen LogP contribution in [-0.4, -0.2) is 25.0 Å². The smallest absolute Gasteiger partial charge is 0.259 e. The first kappa shape index (κ1) is 16.1.